The topological polar surface area (TPSA) is 129 Å². The Bertz CT molecular complexity index is 1180. The minimum atomic E-state index is -0.704. The second-order valence-electron chi connectivity index (χ2n) is 5.95. The van der Waals surface area contributed by atoms with Crippen molar-refractivity contribution in [2.24, 2.45) is 12.8 Å². The number of carbonyl (C=O) groups is 1. The van der Waals surface area contributed by atoms with Gasteiger partial charge in [-0.3, -0.25) is 9.78 Å². The molecule has 4 rings (SSSR count). The van der Waals surface area contributed by atoms with Crippen LogP contribution >= 0.6 is 23.2 Å². The third-order valence-corrected chi connectivity index (χ3v) is 4.62. The van der Waals surface area contributed by atoms with Gasteiger partial charge in [0.25, 0.3) is 5.91 Å². The normalized spacial score (nSPS) is 10.9. The summed E-state index contributed by atoms with van der Waals surface area (Å²) in [6, 6.07) is 8.57. The summed E-state index contributed by atoms with van der Waals surface area (Å²) in [4.78, 5) is 16.2. The first kappa shape index (κ1) is 18.8. The standard InChI is InChI=1S/C17H13Cl2N9O/c1-27-17(23-25-26-27)12-6-5-9(7-21-12)22-13-8-28(24-14(13)16(20)29)15-10(18)3-2-4-11(15)19/h2-8,22H,1H3,(H2,20,29). The van der Waals surface area contributed by atoms with E-state index in [-0.39, 0.29) is 5.69 Å². The maximum atomic E-state index is 11.9. The fourth-order valence-corrected chi connectivity index (χ4v) is 3.24. The van der Waals surface area contributed by atoms with E-state index in [1.54, 1.807) is 49.8 Å². The fourth-order valence-electron chi connectivity index (χ4n) is 2.67. The molecule has 4 aromatic rings. The molecule has 29 heavy (non-hydrogen) atoms. The number of hydrogen-bond donors (Lipinski definition) is 2. The molecule has 3 heterocycles. The molecule has 146 valence electrons. The quantitative estimate of drug-likeness (QED) is 0.498. The highest BCUT2D eigenvalue weighted by molar-refractivity contribution is 6.37. The van der Waals surface area contributed by atoms with Crippen LogP contribution in [0.2, 0.25) is 10.0 Å². The first-order valence-corrected chi connectivity index (χ1v) is 8.99. The van der Waals surface area contributed by atoms with Crippen molar-refractivity contribution >= 4 is 40.5 Å². The first-order chi connectivity index (χ1) is 13.9. The van der Waals surface area contributed by atoms with Crippen molar-refractivity contribution in [3.63, 3.8) is 0 Å². The lowest BCUT2D eigenvalue weighted by Gasteiger charge is -2.06. The number of aryl methyl sites for hydroxylation is 1. The van der Waals surface area contributed by atoms with Gasteiger partial charge in [-0.25, -0.2) is 9.36 Å². The molecule has 3 N–H and O–H groups in total. The minimum Gasteiger partial charge on any atom is -0.364 e. The smallest absolute Gasteiger partial charge is 0.271 e. The van der Waals surface area contributed by atoms with Crippen molar-refractivity contribution in [2.45, 2.75) is 0 Å². The Kier molecular flexibility index (Phi) is 4.87. The number of aromatic nitrogens is 7. The zero-order valence-corrected chi connectivity index (χ0v) is 16.4. The molecule has 10 nitrogen and oxygen atoms in total. The number of tetrazole rings is 1. The van der Waals surface area contributed by atoms with Crippen LogP contribution in [0.15, 0.2) is 42.7 Å². The molecule has 0 fully saturated rings. The Labute approximate surface area is 174 Å². The van der Waals surface area contributed by atoms with Crippen LogP contribution in [0.3, 0.4) is 0 Å². The lowest BCUT2D eigenvalue weighted by Crippen LogP contribution is -2.14. The van der Waals surface area contributed by atoms with Gasteiger partial charge in [0.1, 0.15) is 11.4 Å². The maximum Gasteiger partial charge on any atom is 0.271 e. The van der Waals surface area contributed by atoms with E-state index in [0.29, 0.717) is 38.6 Å². The number of amides is 1. The van der Waals surface area contributed by atoms with Crippen LogP contribution in [0.1, 0.15) is 10.5 Å². The minimum absolute atomic E-state index is 0.0302. The van der Waals surface area contributed by atoms with Crippen molar-refractivity contribution in [3.8, 4) is 17.2 Å². The van der Waals surface area contributed by atoms with Crippen LogP contribution in [0, 0.1) is 0 Å². The molecule has 1 aromatic carbocycles. The molecule has 0 bridgehead atoms. The number of halogens is 2. The van der Waals surface area contributed by atoms with Crippen molar-refractivity contribution in [1.82, 2.24) is 35.0 Å². The van der Waals surface area contributed by atoms with Gasteiger partial charge in [-0.05, 0) is 34.7 Å². The van der Waals surface area contributed by atoms with Crippen molar-refractivity contribution in [2.75, 3.05) is 5.32 Å². The number of nitrogens with two attached hydrogens (primary N) is 1. The molecule has 0 radical (unpaired) electrons. The van der Waals surface area contributed by atoms with Gasteiger partial charge in [0.15, 0.2) is 11.5 Å². The molecule has 0 unspecified atom stereocenters. The van der Waals surface area contributed by atoms with E-state index >= 15 is 0 Å². The highest BCUT2D eigenvalue weighted by Gasteiger charge is 2.18. The van der Waals surface area contributed by atoms with Crippen molar-refractivity contribution in [3.05, 3.63) is 58.5 Å². The van der Waals surface area contributed by atoms with Crippen LogP contribution < -0.4 is 11.1 Å². The number of hydrogen-bond acceptors (Lipinski definition) is 7. The lowest BCUT2D eigenvalue weighted by molar-refractivity contribution is 0.0996. The third kappa shape index (κ3) is 3.62. The molecule has 0 aliphatic heterocycles. The molecule has 0 spiro atoms. The van der Waals surface area contributed by atoms with E-state index in [2.05, 4.69) is 30.9 Å². The van der Waals surface area contributed by atoms with E-state index in [1.807, 2.05) is 0 Å². The van der Waals surface area contributed by atoms with Crippen LogP contribution in [0.5, 0.6) is 0 Å². The Morgan fingerprint density at radius 1 is 1.17 bits per heavy atom. The van der Waals surface area contributed by atoms with Gasteiger partial charge in [0.2, 0.25) is 0 Å². The molecule has 12 heteroatoms. The number of rotatable bonds is 5. The Hall–Kier alpha value is -3.50. The summed E-state index contributed by atoms with van der Waals surface area (Å²) in [5.74, 6) is -0.181. The molecule has 1 amide bonds. The van der Waals surface area contributed by atoms with Gasteiger partial charge in [-0.1, -0.05) is 29.3 Å². The lowest BCUT2D eigenvalue weighted by atomic mass is 10.3. The number of para-hydroxylation sites is 1. The second-order valence-corrected chi connectivity index (χ2v) is 6.77. The van der Waals surface area contributed by atoms with Gasteiger partial charge in [0, 0.05) is 7.05 Å². The van der Waals surface area contributed by atoms with Crippen molar-refractivity contribution in [1.29, 1.82) is 0 Å². The van der Waals surface area contributed by atoms with E-state index < -0.39 is 5.91 Å². The third-order valence-electron chi connectivity index (χ3n) is 4.01. The molecule has 0 aliphatic carbocycles. The summed E-state index contributed by atoms with van der Waals surface area (Å²) in [7, 11) is 1.72. The number of nitrogens with one attached hydrogen (secondary N) is 1. The van der Waals surface area contributed by atoms with E-state index in [0.717, 1.165) is 0 Å². The highest BCUT2D eigenvalue weighted by atomic mass is 35.5. The van der Waals surface area contributed by atoms with Crippen LogP contribution in [-0.2, 0) is 7.05 Å². The number of nitrogens with zero attached hydrogens (tertiary/aromatic N) is 7. The molecular formula is C17H13Cl2N9O. The Morgan fingerprint density at radius 3 is 2.52 bits per heavy atom. The molecule has 0 saturated heterocycles. The largest absolute Gasteiger partial charge is 0.364 e. The maximum absolute atomic E-state index is 11.9. The average molecular weight is 430 g/mol. The van der Waals surface area contributed by atoms with Crippen LogP contribution in [0.25, 0.3) is 17.2 Å². The van der Waals surface area contributed by atoms with Crippen LogP contribution in [-0.4, -0.2) is 40.9 Å². The number of primary amides is 1. The molecule has 3 aromatic heterocycles. The predicted molar refractivity (Wildman–Crippen MR) is 107 cm³/mol. The summed E-state index contributed by atoms with van der Waals surface area (Å²) >= 11 is 12.5. The van der Waals surface area contributed by atoms with Gasteiger partial charge >= 0.3 is 0 Å². The van der Waals surface area contributed by atoms with Gasteiger partial charge < -0.3 is 11.1 Å². The molecule has 0 atom stereocenters. The second kappa shape index (κ2) is 7.49. The average Bonchev–Trinajstić information content (AvgIpc) is 3.29. The Morgan fingerprint density at radius 2 is 1.93 bits per heavy atom. The zero-order chi connectivity index (χ0) is 20.5. The fraction of sp³-hybridized carbons (Fsp3) is 0.0588. The monoisotopic (exact) mass is 429 g/mol. The molecular weight excluding hydrogens is 417 g/mol. The Balaban J connectivity index is 1.67. The van der Waals surface area contributed by atoms with E-state index in [1.165, 1.54) is 9.36 Å². The summed E-state index contributed by atoms with van der Waals surface area (Å²) in [5.41, 5.74) is 7.53. The summed E-state index contributed by atoms with van der Waals surface area (Å²) in [6.45, 7) is 0. The zero-order valence-electron chi connectivity index (χ0n) is 14.9. The highest BCUT2D eigenvalue weighted by Crippen LogP contribution is 2.30. The number of anilines is 2. The summed E-state index contributed by atoms with van der Waals surface area (Å²) < 4.78 is 2.91. The van der Waals surface area contributed by atoms with Crippen molar-refractivity contribution < 1.29 is 4.79 Å². The van der Waals surface area contributed by atoms with Gasteiger partial charge in [-0.2, -0.15) is 5.10 Å². The number of carbonyl (C=O) groups excluding carboxylic acids is 1. The number of benzene rings is 1. The van der Waals surface area contributed by atoms with E-state index in [9.17, 15) is 4.79 Å². The van der Waals surface area contributed by atoms with E-state index in [4.69, 9.17) is 28.9 Å². The number of pyridine rings is 1. The predicted octanol–water partition coefficient (Wildman–Crippen LogP) is 2.61. The van der Waals surface area contributed by atoms with Gasteiger partial charge in [0.05, 0.1) is 33.8 Å². The summed E-state index contributed by atoms with van der Waals surface area (Å²) in [6.07, 6.45) is 3.16. The van der Waals surface area contributed by atoms with Gasteiger partial charge in [-0.15, -0.1) is 5.10 Å². The summed E-state index contributed by atoms with van der Waals surface area (Å²) in [5, 5.41) is 19.3. The van der Waals surface area contributed by atoms with Crippen LogP contribution in [0.4, 0.5) is 11.4 Å². The SMILES string of the molecule is Cn1nnnc1-c1ccc(Nc2cn(-c3c(Cl)cccc3Cl)nc2C(N)=O)cn1. The first-order valence-electron chi connectivity index (χ1n) is 8.23. The molecule has 0 aliphatic rings. The molecule has 0 saturated carbocycles.